The number of hydrogen-bond acceptors (Lipinski definition) is 8. The number of ether oxygens (including phenoxy) is 2. The molecule has 0 amide bonds. The normalized spacial score (nSPS) is 12.4. The van der Waals surface area contributed by atoms with Crippen LogP contribution in [0.5, 0.6) is 11.5 Å². The summed E-state index contributed by atoms with van der Waals surface area (Å²) in [5.74, 6) is 1.84. The van der Waals surface area contributed by atoms with Crippen molar-refractivity contribution in [2.24, 2.45) is 0 Å². The molecule has 1 N–H and O–H groups in total. The quantitative estimate of drug-likeness (QED) is 0.487. The van der Waals surface area contributed by atoms with Crippen LogP contribution in [0.3, 0.4) is 0 Å². The lowest BCUT2D eigenvalue weighted by Gasteiger charge is -2.15. The van der Waals surface area contributed by atoms with Gasteiger partial charge in [0, 0.05) is 11.1 Å². The first-order valence-electron chi connectivity index (χ1n) is 9.09. The molecular formula is C21H12N6O3. The highest BCUT2D eigenvalue weighted by Crippen LogP contribution is 2.41. The SMILES string of the molecule is C1=COc2cc(-c3ccc4nonc4c3-c3ccc(-c4nn[nH]n4)cc3)ccc2O1. The van der Waals surface area contributed by atoms with Crippen molar-refractivity contribution in [3.8, 4) is 45.1 Å². The molecule has 6 rings (SSSR count). The van der Waals surface area contributed by atoms with Crippen LogP contribution in [0.1, 0.15) is 0 Å². The molecule has 0 saturated heterocycles. The van der Waals surface area contributed by atoms with E-state index in [2.05, 4.69) is 30.9 Å². The third-order valence-corrected chi connectivity index (χ3v) is 4.91. The lowest BCUT2D eigenvalue weighted by molar-refractivity contribution is 0.315. The van der Waals surface area contributed by atoms with Crippen LogP contribution in [0.2, 0.25) is 0 Å². The number of benzene rings is 3. The molecule has 1 aliphatic rings. The van der Waals surface area contributed by atoms with E-state index < -0.39 is 0 Å². The first kappa shape index (κ1) is 16.4. The molecule has 5 aromatic rings. The van der Waals surface area contributed by atoms with Crippen molar-refractivity contribution in [3.05, 3.63) is 67.1 Å². The smallest absolute Gasteiger partial charge is 0.204 e. The van der Waals surface area contributed by atoms with Crippen molar-refractivity contribution in [1.29, 1.82) is 0 Å². The molecular weight excluding hydrogens is 384 g/mol. The second-order valence-corrected chi connectivity index (χ2v) is 6.60. The average molecular weight is 396 g/mol. The Kier molecular flexibility index (Phi) is 3.57. The molecule has 0 bridgehead atoms. The zero-order chi connectivity index (χ0) is 19.9. The molecule has 0 spiro atoms. The van der Waals surface area contributed by atoms with E-state index in [9.17, 15) is 0 Å². The molecule has 3 aromatic carbocycles. The van der Waals surface area contributed by atoms with Gasteiger partial charge in [-0.15, -0.1) is 10.2 Å². The van der Waals surface area contributed by atoms with Crippen LogP contribution in [-0.2, 0) is 0 Å². The first-order chi connectivity index (χ1) is 14.9. The summed E-state index contributed by atoms with van der Waals surface area (Å²) in [6.07, 6.45) is 3.01. The number of rotatable bonds is 3. The molecule has 144 valence electrons. The zero-order valence-corrected chi connectivity index (χ0v) is 15.3. The van der Waals surface area contributed by atoms with E-state index in [0.717, 1.165) is 27.8 Å². The molecule has 0 aliphatic carbocycles. The van der Waals surface area contributed by atoms with Gasteiger partial charge in [-0.05, 0) is 50.4 Å². The van der Waals surface area contributed by atoms with Gasteiger partial charge in [0.2, 0.25) is 5.82 Å². The summed E-state index contributed by atoms with van der Waals surface area (Å²) in [4.78, 5) is 0. The van der Waals surface area contributed by atoms with Crippen LogP contribution in [0, 0.1) is 0 Å². The zero-order valence-electron chi connectivity index (χ0n) is 15.3. The minimum Gasteiger partial charge on any atom is -0.458 e. The van der Waals surface area contributed by atoms with E-state index in [1.165, 1.54) is 12.5 Å². The summed E-state index contributed by atoms with van der Waals surface area (Å²) in [6, 6.07) is 17.5. The van der Waals surface area contributed by atoms with Crippen LogP contribution in [0.15, 0.2) is 71.8 Å². The predicted molar refractivity (Wildman–Crippen MR) is 106 cm³/mol. The largest absolute Gasteiger partial charge is 0.458 e. The van der Waals surface area contributed by atoms with Gasteiger partial charge in [-0.2, -0.15) is 5.21 Å². The number of fused-ring (bicyclic) bond motifs is 2. The van der Waals surface area contributed by atoms with E-state index in [-0.39, 0.29) is 0 Å². The van der Waals surface area contributed by atoms with E-state index in [0.29, 0.717) is 28.4 Å². The van der Waals surface area contributed by atoms with Crippen LogP contribution in [0.25, 0.3) is 44.7 Å². The van der Waals surface area contributed by atoms with Crippen molar-refractivity contribution in [1.82, 2.24) is 30.9 Å². The number of nitrogens with one attached hydrogen (secondary N) is 1. The average Bonchev–Trinajstić information content (AvgIpc) is 3.50. The number of aromatic amines is 1. The predicted octanol–water partition coefficient (Wildman–Crippen LogP) is 3.98. The maximum atomic E-state index is 5.59. The molecule has 30 heavy (non-hydrogen) atoms. The van der Waals surface area contributed by atoms with E-state index in [4.69, 9.17) is 14.1 Å². The monoisotopic (exact) mass is 396 g/mol. The van der Waals surface area contributed by atoms with Crippen molar-refractivity contribution >= 4 is 11.0 Å². The van der Waals surface area contributed by atoms with Crippen molar-refractivity contribution in [3.63, 3.8) is 0 Å². The van der Waals surface area contributed by atoms with Crippen molar-refractivity contribution < 1.29 is 14.1 Å². The highest BCUT2D eigenvalue weighted by molar-refractivity contribution is 6.00. The number of nitrogens with zero attached hydrogens (tertiary/aromatic N) is 5. The fourth-order valence-electron chi connectivity index (χ4n) is 3.52. The molecule has 0 saturated carbocycles. The van der Waals surface area contributed by atoms with Gasteiger partial charge in [-0.1, -0.05) is 36.4 Å². The Bertz CT molecular complexity index is 1390. The highest BCUT2D eigenvalue weighted by Gasteiger charge is 2.18. The fraction of sp³-hybridized carbons (Fsp3) is 0. The maximum absolute atomic E-state index is 5.59. The van der Waals surface area contributed by atoms with Gasteiger partial charge in [-0.25, -0.2) is 4.63 Å². The molecule has 2 aromatic heterocycles. The van der Waals surface area contributed by atoms with Gasteiger partial charge >= 0.3 is 0 Å². The van der Waals surface area contributed by atoms with Crippen molar-refractivity contribution in [2.45, 2.75) is 0 Å². The molecule has 9 heteroatoms. The summed E-state index contributed by atoms with van der Waals surface area (Å²) in [5, 5.41) is 22.3. The summed E-state index contributed by atoms with van der Waals surface area (Å²) in [6.45, 7) is 0. The van der Waals surface area contributed by atoms with Crippen LogP contribution >= 0.6 is 0 Å². The Morgan fingerprint density at radius 2 is 1.53 bits per heavy atom. The topological polar surface area (TPSA) is 112 Å². The Balaban J connectivity index is 1.52. The third-order valence-electron chi connectivity index (χ3n) is 4.91. The van der Waals surface area contributed by atoms with E-state index >= 15 is 0 Å². The molecule has 9 nitrogen and oxygen atoms in total. The molecule has 0 atom stereocenters. The molecule has 0 radical (unpaired) electrons. The lowest BCUT2D eigenvalue weighted by atomic mass is 9.92. The summed E-state index contributed by atoms with van der Waals surface area (Å²) in [5.41, 5.74) is 5.98. The Morgan fingerprint density at radius 1 is 0.733 bits per heavy atom. The van der Waals surface area contributed by atoms with Gasteiger partial charge in [0.1, 0.15) is 23.6 Å². The van der Waals surface area contributed by atoms with E-state index in [1.807, 2.05) is 54.6 Å². The molecule has 3 heterocycles. The first-order valence-corrected chi connectivity index (χ1v) is 9.09. The summed E-state index contributed by atoms with van der Waals surface area (Å²) < 4.78 is 16.1. The number of H-pyrrole nitrogens is 1. The van der Waals surface area contributed by atoms with Gasteiger partial charge in [0.25, 0.3) is 0 Å². The molecule has 0 fully saturated rings. The van der Waals surface area contributed by atoms with Gasteiger partial charge in [-0.3, -0.25) is 0 Å². The van der Waals surface area contributed by atoms with Gasteiger partial charge in [0.05, 0.1) is 0 Å². The van der Waals surface area contributed by atoms with Gasteiger partial charge < -0.3 is 9.47 Å². The minimum atomic E-state index is 0.531. The number of tetrazole rings is 1. The second kappa shape index (κ2) is 6.52. The van der Waals surface area contributed by atoms with Crippen molar-refractivity contribution in [2.75, 3.05) is 0 Å². The summed E-state index contributed by atoms with van der Waals surface area (Å²) >= 11 is 0. The molecule has 1 aliphatic heterocycles. The van der Waals surface area contributed by atoms with Crippen LogP contribution < -0.4 is 9.47 Å². The number of hydrogen-bond donors (Lipinski definition) is 1. The third kappa shape index (κ3) is 2.60. The van der Waals surface area contributed by atoms with Gasteiger partial charge in [0.15, 0.2) is 11.5 Å². The highest BCUT2D eigenvalue weighted by atomic mass is 16.6. The standard InChI is InChI=1S/C21H12N6O3/c1-3-13(21-22-26-27-23-21)4-2-12(1)19-15(6-7-16-20(19)25-30-24-16)14-5-8-17-18(11-14)29-10-9-28-17/h1-11H,(H,22,23,26,27). The second-order valence-electron chi connectivity index (χ2n) is 6.60. The minimum absolute atomic E-state index is 0.531. The Hall–Kier alpha value is -4.53. The lowest BCUT2D eigenvalue weighted by Crippen LogP contribution is -1.96. The number of aromatic nitrogens is 6. The Labute approximate surface area is 168 Å². The fourth-order valence-corrected chi connectivity index (χ4v) is 3.52. The maximum Gasteiger partial charge on any atom is 0.204 e. The van der Waals surface area contributed by atoms with E-state index in [1.54, 1.807) is 0 Å². The van der Waals surface area contributed by atoms with Crippen LogP contribution in [-0.4, -0.2) is 30.9 Å². The van der Waals surface area contributed by atoms with Crippen LogP contribution in [0.4, 0.5) is 0 Å². The summed E-state index contributed by atoms with van der Waals surface area (Å²) in [7, 11) is 0. The Morgan fingerprint density at radius 3 is 2.37 bits per heavy atom. The molecule has 0 unspecified atom stereocenters.